The molecule has 0 aliphatic carbocycles. The topological polar surface area (TPSA) is 78.4 Å². The highest BCUT2D eigenvalue weighted by molar-refractivity contribution is 9.10. The maximum absolute atomic E-state index is 11.9. The van der Waals surface area contributed by atoms with Crippen LogP contribution in [-0.4, -0.2) is 23.1 Å². The van der Waals surface area contributed by atoms with Crippen molar-refractivity contribution in [1.82, 2.24) is 5.32 Å². The number of carbonyl (C=O) groups is 2. The molecule has 6 heteroatoms. The van der Waals surface area contributed by atoms with E-state index in [1.807, 2.05) is 39.0 Å². The van der Waals surface area contributed by atoms with Crippen LogP contribution < -0.4 is 10.6 Å². The van der Waals surface area contributed by atoms with Crippen molar-refractivity contribution in [2.24, 2.45) is 5.92 Å². The van der Waals surface area contributed by atoms with E-state index in [0.717, 1.165) is 10.0 Å². The van der Waals surface area contributed by atoms with E-state index in [0.29, 0.717) is 12.1 Å². The molecule has 20 heavy (non-hydrogen) atoms. The van der Waals surface area contributed by atoms with Gasteiger partial charge in [0.2, 0.25) is 0 Å². The van der Waals surface area contributed by atoms with E-state index in [2.05, 4.69) is 26.6 Å². The smallest absolute Gasteiger partial charge is 0.326 e. The number of aliphatic carboxylic acids is 1. The zero-order valence-electron chi connectivity index (χ0n) is 11.7. The lowest BCUT2D eigenvalue weighted by Crippen LogP contribution is -2.43. The van der Waals surface area contributed by atoms with E-state index in [1.165, 1.54) is 0 Å². The Hall–Kier alpha value is -1.56. The summed E-state index contributed by atoms with van der Waals surface area (Å²) in [6.45, 7) is 5.73. The average Bonchev–Trinajstić information content (AvgIpc) is 2.32. The summed E-state index contributed by atoms with van der Waals surface area (Å²) in [6, 6.07) is 4.13. The lowest BCUT2D eigenvalue weighted by Gasteiger charge is -2.17. The number of hydrogen-bond donors (Lipinski definition) is 3. The van der Waals surface area contributed by atoms with Gasteiger partial charge in [-0.25, -0.2) is 9.59 Å². The fourth-order valence-electron chi connectivity index (χ4n) is 1.74. The highest BCUT2D eigenvalue weighted by atomic mass is 79.9. The van der Waals surface area contributed by atoms with Gasteiger partial charge in [0.25, 0.3) is 0 Å². The maximum atomic E-state index is 11.9. The van der Waals surface area contributed by atoms with Crippen LogP contribution in [0.25, 0.3) is 0 Å². The minimum atomic E-state index is -1.03. The fraction of sp³-hybridized carbons (Fsp3) is 0.429. The van der Waals surface area contributed by atoms with Crippen LogP contribution in [0.2, 0.25) is 0 Å². The Bertz CT molecular complexity index is 503. The Balaban J connectivity index is 2.70. The van der Waals surface area contributed by atoms with Crippen LogP contribution in [0.4, 0.5) is 10.5 Å². The molecule has 0 saturated carbocycles. The molecule has 0 heterocycles. The van der Waals surface area contributed by atoms with Crippen molar-refractivity contribution >= 4 is 33.6 Å². The molecule has 1 rings (SSSR count). The third-order valence-corrected chi connectivity index (χ3v) is 3.37. The van der Waals surface area contributed by atoms with Gasteiger partial charge >= 0.3 is 12.0 Å². The maximum Gasteiger partial charge on any atom is 0.326 e. The SMILES string of the molecule is Cc1ccc(Br)c(NC(=O)N[C@H](CC(C)C)C(=O)O)c1. The highest BCUT2D eigenvalue weighted by Crippen LogP contribution is 2.23. The lowest BCUT2D eigenvalue weighted by molar-refractivity contribution is -0.139. The molecule has 0 aliphatic rings. The Labute approximate surface area is 126 Å². The first kappa shape index (κ1) is 16.5. The first-order chi connectivity index (χ1) is 9.29. The van der Waals surface area contributed by atoms with Gasteiger partial charge in [-0.05, 0) is 52.9 Å². The van der Waals surface area contributed by atoms with Gasteiger partial charge in [-0.1, -0.05) is 19.9 Å². The van der Waals surface area contributed by atoms with Crippen molar-refractivity contribution < 1.29 is 14.7 Å². The summed E-state index contributed by atoms with van der Waals surface area (Å²) in [6.07, 6.45) is 0.387. The fourth-order valence-corrected chi connectivity index (χ4v) is 2.09. The third-order valence-electron chi connectivity index (χ3n) is 2.68. The second-order valence-electron chi connectivity index (χ2n) is 5.10. The number of halogens is 1. The molecule has 0 aliphatic heterocycles. The molecule has 1 atom stereocenters. The van der Waals surface area contributed by atoms with Crippen LogP contribution in [0.1, 0.15) is 25.8 Å². The Morgan fingerprint density at radius 2 is 2.00 bits per heavy atom. The predicted molar refractivity (Wildman–Crippen MR) is 81.9 cm³/mol. The molecule has 110 valence electrons. The predicted octanol–water partition coefficient (Wildman–Crippen LogP) is 3.38. The van der Waals surface area contributed by atoms with Crippen molar-refractivity contribution in [3.63, 3.8) is 0 Å². The molecule has 0 fully saturated rings. The van der Waals surface area contributed by atoms with Crippen LogP contribution in [0.15, 0.2) is 22.7 Å². The van der Waals surface area contributed by atoms with Gasteiger partial charge in [0.1, 0.15) is 6.04 Å². The summed E-state index contributed by atoms with van der Waals surface area (Å²) in [5, 5.41) is 14.2. The summed E-state index contributed by atoms with van der Waals surface area (Å²) in [4.78, 5) is 23.0. The summed E-state index contributed by atoms with van der Waals surface area (Å²) < 4.78 is 0.744. The van der Waals surface area contributed by atoms with E-state index >= 15 is 0 Å². The van der Waals surface area contributed by atoms with Gasteiger partial charge in [-0.2, -0.15) is 0 Å². The molecule has 0 aromatic heterocycles. The van der Waals surface area contributed by atoms with Crippen LogP contribution >= 0.6 is 15.9 Å². The zero-order chi connectivity index (χ0) is 15.3. The van der Waals surface area contributed by atoms with Crippen LogP contribution in [0, 0.1) is 12.8 Å². The van der Waals surface area contributed by atoms with Gasteiger partial charge < -0.3 is 15.7 Å². The summed E-state index contributed by atoms with van der Waals surface area (Å²) in [7, 11) is 0. The number of carboxylic acids is 1. The number of amides is 2. The summed E-state index contributed by atoms with van der Waals surface area (Å²) in [5.74, 6) is -0.848. The molecule has 3 N–H and O–H groups in total. The van der Waals surface area contributed by atoms with E-state index in [1.54, 1.807) is 0 Å². The van der Waals surface area contributed by atoms with Crippen molar-refractivity contribution in [3.8, 4) is 0 Å². The third kappa shape index (κ3) is 5.21. The molecule has 0 unspecified atom stereocenters. The van der Waals surface area contributed by atoms with Crippen LogP contribution in [-0.2, 0) is 4.79 Å². The Kier molecular flexibility index (Phi) is 6.01. The first-order valence-corrected chi connectivity index (χ1v) is 7.15. The van der Waals surface area contributed by atoms with Gasteiger partial charge in [-0.3, -0.25) is 0 Å². The zero-order valence-corrected chi connectivity index (χ0v) is 13.3. The number of hydrogen-bond acceptors (Lipinski definition) is 2. The Morgan fingerprint density at radius 1 is 1.35 bits per heavy atom. The normalized spacial score (nSPS) is 12.1. The largest absolute Gasteiger partial charge is 0.480 e. The van der Waals surface area contributed by atoms with Crippen molar-refractivity contribution in [2.75, 3.05) is 5.32 Å². The van der Waals surface area contributed by atoms with E-state index < -0.39 is 18.0 Å². The van der Waals surface area contributed by atoms with Crippen molar-refractivity contribution in [2.45, 2.75) is 33.2 Å². The molecule has 2 amide bonds. The van der Waals surface area contributed by atoms with E-state index in [4.69, 9.17) is 5.11 Å². The molecule has 5 nitrogen and oxygen atoms in total. The van der Waals surface area contributed by atoms with Crippen LogP contribution in [0.3, 0.4) is 0 Å². The highest BCUT2D eigenvalue weighted by Gasteiger charge is 2.21. The van der Waals surface area contributed by atoms with Gasteiger partial charge in [-0.15, -0.1) is 0 Å². The number of carboxylic acid groups (broad SMARTS) is 1. The minimum absolute atomic E-state index is 0.183. The number of anilines is 1. The monoisotopic (exact) mass is 342 g/mol. The van der Waals surface area contributed by atoms with Crippen molar-refractivity contribution in [1.29, 1.82) is 0 Å². The van der Waals surface area contributed by atoms with Gasteiger partial charge in [0.15, 0.2) is 0 Å². The Morgan fingerprint density at radius 3 is 2.55 bits per heavy atom. The standard InChI is InChI=1S/C14H19BrN2O3/c1-8(2)6-12(13(18)19)17-14(20)16-11-7-9(3)4-5-10(11)15/h4-5,7-8,12H,6H2,1-3H3,(H,18,19)(H2,16,17,20)/t12-/m1/s1. The molecule has 0 spiro atoms. The molecule has 1 aromatic rings. The van der Waals surface area contributed by atoms with Crippen LogP contribution in [0.5, 0.6) is 0 Å². The van der Waals surface area contributed by atoms with Gasteiger partial charge in [0.05, 0.1) is 5.69 Å². The number of benzene rings is 1. The lowest BCUT2D eigenvalue weighted by atomic mass is 10.0. The number of urea groups is 1. The minimum Gasteiger partial charge on any atom is -0.480 e. The van der Waals surface area contributed by atoms with E-state index in [9.17, 15) is 9.59 Å². The van der Waals surface area contributed by atoms with Gasteiger partial charge in [0, 0.05) is 4.47 Å². The first-order valence-electron chi connectivity index (χ1n) is 6.36. The molecule has 0 bridgehead atoms. The van der Waals surface area contributed by atoms with Crippen molar-refractivity contribution in [3.05, 3.63) is 28.2 Å². The molecule has 1 aromatic carbocycles. The number of rotatable bonds is 5. The second kappa shape index (κ2) is 7.28. The molecule has 0 radical (unpaired) electrons. The quantitative estimate of drug-likeness (QED) is 0.767. The number of nitrogens with one attached hydrogen (secondary N) is 2. The average molecular weight is 343 g/mol. The van der Waals surface area contributed by atoms with E-state index in [-0.39, 0.29) is 5.92 Å². The second-order valence-corrected chi connectivity index (χ2v) is 5.96. The number of carbonyl (C=O) groups excluding carboxylic acids is 1. The molecular formula is C14H19BrN2O3. The number of aryl methyl sites for hydroxylation is 1. The molecular weight excluding hydrogens is 324 g/mol. The summed E-state index contributed by atoms with van der Waals surface area (Å²) >= 11 is 3.34. The molecule has 0 saturated heterocycles. The summed E-state index contributed by atoms with van der Waals surface area (Å²) in [5.41, 5.74) is 1.61.